The summed E-state index contributed by atoms with van der Waals surface area (Å²) >= 11 is 0. The first-order chi connectivity index (χ1) is 10.3. The minimum Gasteiger partial charge on any atom is -0.428 e. The van der Waals surface area contributed by atoms with Crippen LogP contribution in [0.3, 0.4) is 0 Å². The van der Waals surface area contributed by atoms with E-state index in [0.29, 0.717) is 5.56 Å². The van der Waals surface area contributed by atoms with E-state index < -0.39 is 30.4 Å². The van der Waals surface area contributed by atoms with Gasteiger partial charge < -0.3 is 15.6 Å². The first-order valence-electron chi connectivity index (χ1n) is 7.20. The molecule has 3 nitrogen and oxygen atoms in total. The Balaban J connectivity index is 0.00000264. The average Bonchev–Trinajstić information content (AvgIpc) is 2.99. The third-order valence-electron chi connectivity index (χ3n) is 4.00. The van der Waals surface area contributed by atoms with E-state index in [2.05, 4.69) is 4.74 Å². The van der Waals surface area contributed by atoms with Gasteiger partial charge in [-0.25, -0.2) is 0 Å². The van der Waals surface area contributed by atoms with E-state index in [1.54, 1.807) is 6.07 Å². The second kappa shape index (κ2) is 8.17. The van der Waals surface area contributed by atoms with Crippen molar-refractivity contribution in [2.45, 2.75) is 50.4 Å². The fourth-order valence-corrected chi connectivity index (χ4v) is 2.78. The van der Waals surface area contributed by atoms with Gasteiger partial charge in [-0.3, -0.25) is 0 Å². The van der Waals surface area contributed by atoms with Crippen molar-refractivity contribution in [2.75, 3.05) is 0 Å². The Morgan fingerprint density at radius 1 is 1.22 bits per heavy atom. The smallest absolute Gasteiger partial charge is 0.428 e. The first-order valence-corrected chi connectivity index (χ1v) is 7.20. The molecule has 0 heterocycles. The number of alkyl halides is 4. The predicted molar refractivity (Wildman–Crippen MR) is 80.2 cm³/mol. The monoisotopic (exact) mass is 357 g/mol. The van der Waals surface area contributed by atoms with Crippen LogP contribution < -0.4 is 10.5 Å². The molecule has 23 heavy (non-hydrogen) atoms. The number of ether oxygens (including phenoxy) is 1. The van der Waals surface area contributed by atoms with E-state index in [1.165, 1.54) is 12.1 Å². The van der Waals surface area contributed by atoms with Gasteiger partial charge in [0.25, 0.3) is 0 Å². The van der Waals surface area contributed by atoms with Crippen molar-refractivity contribution >= 4 is 12.4 Å². The minimum absolute atomic E-state index is 0. The molecular formula is C15H20ClF4NO2. The van der Waals surface area contributed by atoms with Gasteiger partial charge in [-0.15, -0.1) is 12.4 Å². The number of hydrogen-bond donors (Lipinski definition) is 2. The molecule has 0 bridgehead atoms. The minimum atomic E-state index is -4.56. The van der Waals surface area contributed by atoms with Crippen molar-refractivity contribution in [2.24, 2.45) is 11.7 Å². The topological polar surface area (TPSA) is 55.5 Å². The highest BCUT2D eigenvalue weighted by Gasteiger charge is 2.44. The molecule has 0 radical (unpaired) electrons. The van der Waals surface area contributed by atoms with Gasteiger partial charge in [0.15, 0.2) is 0 Å². The van der Waals surface area contributed by atoms with Gasteiger partial charge in [-0.05, 0) is 36.5 Å². The van der Waals surface area contributed by atoms with Crippen LogP contribution in [0.5, 0.6) is 5.75 Å². The molecule has 0 amide bonds. The molecule has 1 fully saturated rings. The van der Waals surface area contributed by atoms with Crippen LogP contribution >= 0.6 is 12.4 Å². The Kier molecular flexibility index (Phi) is 7.10. The number of halogens is 5. The Bertz CT molecular complexity index is 498. The second-order valence-corrected chi connectivity index (χ2v) is 5.60. The highest BCUT2D eigenvalue weighted by Crippen LogP contribution is 2.34. The van der Waals surface area contributed by atoms with Gasteiger partial charge in [0.2, 0.25) is 0 Å². The van der Waals surface area contributed by atoms with Crippen LogP contribution in [0.15, 0.2) is 24.3 Å². The fraction of sp³-hybridized carbons (Fsp3) is 0.600. The summed E-state index contributed by atoms with van der Waals surface area (Å²) in [5.74, 6) is -0.334. The first kappa shape index (κ1) is 20.0. The molecule has 8 heteroatoms. The summed E-state index contributed by atoms with van der Waals surface area (Å²) in [6.07, 6.45) is -5.49. The maximum atomic E-state index is 12.9. The summed E-state index contributed by atoms with van der Waals surface area (Å²) < 4.78 is 54.2. The van der Waals surface area contributed by atoms with Crippen LogP contribution in [0.1, 0.15) is 37.3 Å². The van der Waals surface area contributed by atoms with Crippen LogP contribution in [0, 0.1) is 5.92 Å². The van der Waals surface area contributed by atoms with E-state index >= 15 is 0 Å². The van der Waals surface area contributed by atoms with Crippen LogP contribution in [0.4, 0.5) is 17.6 Å². The molecule has 0 saturated heterocycles. The number of nitrogens with two attached hydrogens (primary N) is 1. The maximum absolute atomic E-state index is 12.9. The summed E-state index contributed by atoms with van der Waals surface area (Å²) in [4.78, 5) is 0. The Labute approximate surface area is 138 Å². The fourth-order valence-electron chi connectivity index (χ4n) is 2.78. The molecule has 2 atom stereocenters. The predicted octanol–water partition coefficient (Wildman–Crippen LogP) is 3.90. The lowest BCUT2D eigenvalue weighted by Gasteiger charge is -2.25. The Hall–Kier alpha value is -1.05. The molecule has 3 N–H and O–H groups in total. The maximum Gasteiger partial charge on any atom is 0.461 e. The van der Waals surface area contributed by atoms with Crippen molar-refractivity contribution in [3.63, 3.8) is 0 Å². The van der Waals surface area contributed by atoms with Crippen molar-refractivity contribution in [1.82, 2.24) is 0 Å². The lowest BCUT2D eigenvalue weighted by atomic mass is 9.91. The van der Waals surface area contributed by atoms with Crippen molar-refractivity contribution < 1.29 is 27.4 Å². The Morgan fingerprint density at radius 3 is 2.39 bits per heavy atom. The zero-order valence-corrected chi connectivity index (χ0v) is 13.1. The van der Waals surface area contributed by atoms with Gasteiger partial charge in [0.1, 0.15) is 5.75 Å². The van der Waals surface area contributed by atoms with E-state index in [-0.39, 0.29) is 18.3 Å². The molecule has 1 saturated carbocycles. The zero-order chi connectivity index (χ0) is 16.3. The summed E-state index contributed by atoms with van der Waals surface area (Å²) in [6, 6.07) is 4.48. The lowest BCUT2D eigenvalue weighted by Crippen LogP contribution is -2.34. The summed E-state index contributed by atoms with van der Waals surface area (Å²) in [5.41, 5.74) is 6.35. The van der Waals surface area contributed by atoms with Crippen molar-refractivity contribution in [3.8, 4) is 5.75 Å². The number of rotatable bonds is 6. The van der Waals surface area contributed by atoms with E-state index in [1.807, 2.05) is 0 Å². The number of aliphatic hydroxyl groups excluding tert-OH is 1. The molecule has 2 rings (SSSR count). The lowest BCUT2D eigenvalue weighted by molar-refractivity contribution is -0.253. The third-order valence-corrected chi connectivity index (χ3v) is 4.00. The van der Waals surface area contributed by atoms with Crippen molar-refractivity contribution in [3.05, 3.63) is 29.8 Å². The van der Waals surface area contributed by atoms with Gasteiger partial charge in [-0.2, -0.15) is 17.6 Å². The highest BCUT2D eigenvalue weighted by atomic mass is 35.5. The van der Waals surface area contributed by atoms with Crippen LogP contribution in [-0.2, 0) is 0 Å². The standard InChI is InChI=1S/C15H19F4NO2.ClH/c16-14(17)15(18,19)22-11-7-3-6-10(8-11)12(20)13(21)9-4-1-2-5-9;/h3,6-9,12-14,21H,1-2,4-5,20H2;1H/t12-,13+;/m1./s1. The number of hydrogen-bond acceptors (Lipinski definition) is 3. The molecule has 1 aromatic rings. The molecule has 1 aliphatic carbocycles. The largest absolute Gasteiger partial charge is 0.461 e. The van der Waals surface area contributed by atoms with Crippen LogP contribution in [-0.4, -0.2) is 23.7 Å². The van der Waals surface area contributed by atoms with Crippen LogP contribution in [0.25, 0.3) is 0 Å². The molecule has 1 aromatic carbocycles. The Morgan fingerprint density at radius 2 is 1.83 bits per heavy atom. The molecular weight excluding hydrogens is 338 g/mol. The average molecular weight is 358 g/mol. The van der Waals surface area contributed by atoms with Gasteiger partial charge in [-0.1, -0.05) is 25.0 Å². The zero-order valence-electron chi connectivity index (χ0n) is 12.3. The molecule has 0 aliphatic heterocycles. The van der Waals surface area contributed by atoms with E-state index in [9.17, 15) is 22.7 Å². The highest BCUT2D eigenvalue weighted by molar-refractivity contribution is 5.85. The SMILES string of the molecule is Cl.N[C@H](c1cccc(OC(F)(F)C(F)F)c1)[C@@H](O)C1CCCC1. The molecule has 1 aliphatic rings. The summed E-state index contributed by atoms with van der Waals surface area (Å²) in [7, 11) is 0. The van der Waals surface area contributed by atoms with E-state index in [0.717, 1.165) is 31.7 Å². The van der Waals surface area contributed by atoms with Crippen molar-refractivity contribution in [1.29, 1.82) is 0 Å². The van der Waals surface area contributed by atoms with Gasteiger partial charge in [0.05, 0.1) is 12.1 Å². The molecule has 0 spiro atoms. The van der Waals surface area contributed by atoms with Crippen LogP contribution in [0.2, 0.25) is 0 Å². The quantitative estimate of drug-likeness (QED) is 0.759. The summed E-state index contributed by atoms with van der Waals surface area (Å²) in [6.45, 7) is 0. The summed E-state index contributed by atoms with van der Waals surface area (Å²) in [5, 5.41) is 10.2. The molecule has 0 aromatic heterocycles. The number of benzene rings is 1. The van der Waals surface area contributed by atoms with Gasteiger partial charge in [0, 0.05) is 0 Å². The second-order valence-electron chi connectivity index (χ2n) is 5.60. The van der Waals surface area contributed by atoms with E-state index in [4.69, 9.17) is 5.73 Å². The number of aliphatic hydroxyl groups is 1. The van der Waals surface area contributed by atoms with Gasteiger partial charge >= 0.3 is 12.5 Å². The molecule has 0 unspecified atom stereocenters. The third kappa shape index (κ3) is 4.96. The molecule has 132 valence electrons. The normalized spacial score (nSPS) is 18.6.